The van der Waals surface area contributed by atoms with Crippen molar-refractivity contribution in [3.63, 3.8) is 0 Å². The standard InChI is InChI=1S/3C6H5.2C3H6O2.Bi/c3*1-2-4-6-5-3-1;2*1-2-3(4)5;/h3*1-5H;2*2H2,1H3,(H,4,5);/q;;;;;+2/p-2. The van der Waals surface area contributed by atoms with Crippen LogP contribution in [0.4, 0.5) is 0 Å². The van der Waals surface area contributed by atoms with Gasteiger partial charge in [0, 0.05) is 0 Å². The van der Waals surface area contributed by atoms with E-state index in [1.165, 1.54) is 0 Å². The Labute approximate surface area is 173 Å². The molecule has 0 saturated heterocycles. The molecule has 5 heteroatoms. The Morgan fingerprint density at radius 1 is 0.586 bits per heavy atom. The summed E-state index contributed by atoms with van der Waals surface area (Å²) >= 11 is -5.68. The fraction of sp³-hybridized carbons (Fsp3) is 0.167. The number of rotatable bonds is 7. The van der Waals surface area contributed by atoms with Gasteiger partial charge in [-0.25, -0.2) is 0 Å². The summed E-state index contributed by atoms with van der Waals surface area (Å²) in [6.45, 7) is 3.49. The van der Waals surface area contributed by atoms with Crippen LogP contribution in [-0.4, -0.2) is 31.6 Å². The van der Waals surface area contributed by atoms with Crippen LogP contribution in [0.15, 0.2) is 91.0 Å². The number of hydrogen-bond donors (Lipinski definition) is 0. The van der Waals surface area contributed by atoms with Crippen LogP contribution in [0, 0.1) is 0 Å². The van der Waals surface area contributed by atoms with E-state index < -0.39 is 31.6 Å². The molecule has 0 aliphatic heterocycles. The number of hydrogen-bond acceptors (Lipinski definition) is 4. The topological polar surface area (TPSA) is 52.6 Å². The second kappa shape index (κ2) is 8.88. The van der Waals surface area contributed by atoms with Crippen molar-refractivity contribution >= 4 is 41.4 Å². The van der Waals surface area contributed by atoms with E-state index >= 15 is 0 Å². The SMILES string of the molecule is CCC(=O)[O][Bi]([O]C(=O)CC)([c]1ccccc1)([c]1ccccc1)[c]1ccccc1. The summed E-state index contributed by atoms with van der Waals surface area (Å²) < 4.78 is 15.1. The molecule has 0 spiro atoms. The molecule has 3 rings (SSSR count). The molecule has 0 saturated carbocycles. The van der Waals surface area contributed by atoms with E-state index in [9.17, 15) is 9.59 Å². The summed E-state index contributed by atoms with van der Waals surface area (Å²) in [6.07, 6.45) is 0.363. The summed E-state index contributed by atoms with van der Waals surface area (Å²) in [5.41, 5.74) is 0. The molecule has 0 heterocycles. The summed E-state index contributed by atoms with van der Waals surface area (Å²) in [5, 5.41) is 0. The van der Waals surface area contributed by atoms with Crippen LogP contribution in [0.2, 0.25) is 0 Å². The first-order valence-corrected chi connectivity index (χ1v) is 17.8. The van der Waals surface area contributed by atoms with Crippen LogP contribution >= 0.6 is 0 Å². The van der Waals surface area contributed by atoms with Gasteiger partial charge in [-0.3, -0.25) is 0 Å². The molecule has 0 aromatic heterocycles. The van der Waals surface area contributed by atoms with Gasteiger partial charge < -0.3 is 0 Å². The number of carbonyl (C=O) groups is 2. The molecule has 150 valence electrons. The van der Waals surface area contributed by atoms with Crippen molar-refractivity contribution in [3.05, 3.63) is 91.0 Å². The quantitative estimate of drug-likeness (QED) is 0.400. The van der Waals surface area contributed by atoms with Crippen molar-refractivity contribution < 1.29 is 15.2 Å². The molecule has 0 N–H and O–H groups in total. The van der Waals surface area contributed by atoms with E-state index in [4.69, 9.17) is 5.63 Å². The molecular weight excluding hydrogens is 561 g/mol. The Hall–Kier alpha value is -2.52. The van der Waals surface area contributed by atoms with Gasteiger partial charge >= 0.3 is 174 Å². The van der Waals surface area contributed by atoms with Crippen molar-refractivity contribution in [2.45, 2.75) is 26.7 Å². The van der Waals surface area contributed by atoms with Gasteiger partial charge in [0.2, 0.25) is 0 Å². The summed E-state index contributed by atoms with van der Waals surface area (Å²) in [6, 6.07) is 28.4. The van der Waals surface area contributed by atoms with Gasteiger partial charge in [0.05, 0.1) is 0 Å². The van der Waals surface area contributed by atoms with E-state index in [0.29, 0.717) is 0 Å². The maximum atomic E-state index is 12.9. The Morgan fingerprint density at radius 2 is 0.862 bits per heavy atom. The minimum absolute atomic E-state index is 0.182. The fourth-order valence-electron chi connectivity index (χ4n) is 3.40. The second-order valence-electron chi connectivity index (χ2n) is 6.60. The van der Waals surface area contributed by atoms with Crippen LogP contribution in [-0.2, 0) is 15.2 Å². The average Bonchev–Trinajstić information content (AvgIpc) is 2.80. The third-order valence-electron chi connectivity index (χ3n) is 4.81. The summed E-state index contributed by atoms with van der Waals surface area (Å²) in [5.74, 6) is -0.781. The molecule has 0 radical (unpaired) electrons. The van der Waals surface area contributed by atoms with Crippen molar-refractivity contribution in [2.24, 2.45) is 0 Å². The normalized spacial score (nSPS) is 12.4. The molecule has 3 aromatic carbocycles. The Balaban J connectivity index is 2.53. The third-order valence-corrected chi connectivity index (χ3v) is 23.5. The number of benzene rings is 3. The minimum atomic E-state index is -5.68. The fourth-order valence-corrected chi connectivity index (χ4v) is 21.8. The first-order valence-electron chi connectivity index (χ1n) is 9.71. The molecule has 4 nitrogen and oxygen atoms in total. The Morgan fingerprint density at radius 3 is 1.10 bits per heavy atom. The molecule has 0 bridgehead atoms. The van der Waals surface area contributed by atoms with Gasteiger partial charge in [0.15, 0.2) is 0 Å². The van der Waals surface area contributed by atoms with Crippen LogP contribution in [0.1, 0.15) is 26.7 Å². The zero-order valence-corrected chi connectivity index (χ0v) is 20.1. The van der Waals surface area contributed by atoms with Gasteiger partial charge in [0.25, 0.3) is 0 Å². The predicted octanol–water partition coefficient (Wildman–Crippen LogP) is 3.01. The van der Waals surface area contributed by atoms with Crippen molar-refractivity contribution in [2.75, 3.05) is 0 Å². The van der Waals surface area contributed by atoms with E-state index in [-0.39, 0.29) is 12.8 Å². The maximum absolute atomic E-state index is 12.9. The van der Waals surface area contributed by atoms with Crippen molar-refractivity contribution in [3.8, 4) is 0 Å². The Bertz CT molecular complexity index is 850. The van der Waals surface area contributed by atoms with Gasteiger partial charge in [0.1, 0.15) is 0 Å². The molecular formula is C24H25BiO4. The van der Waals surface area contributed by atoms with Crippen LogP contribution in [0.25, 0.3) is 0 Å². The molecule has 29 heavy (non-hydrogen) atoms. The Kier molecular flexibility index (Phi) is 6.49. The summed E-state index contributed by atoms with van der Waals surface area (Å²) in [7, 11) is 0. The van der Waals surface area contributed by atoms with E-state index in [2.05, 4.69) is 0 Å². The van der Waals surface area contributed by atoms with Crippen LogP contribution < -0.4 is 9.81 Å². The zero-order chi connectivity index (χ0) is 20.8. The summed E-state index contributed by atoms with van der Waals surface area (Å²) in [4.78, 5) is 25.7. The molecule has 0 fully saturated rings. The first-order chi connectivity index (χ1) is 14.1. The molecule has 0 amide bonds. The van der Waals surface area contributed by atoms with E-state index in [0.717, 1.165) is 9.81 Å². The molecule has 0 aliphatic carbocycles. The third kappa shape index (κ3) is 3.72. The zero-order valence-electron chi connectivity index (χ0n) is 16.7. The van der Waals surface area contributed by atoms with Gasteiger partial charge in [-0.1, -0.05) is 0 Å². The number of carbonyl (C=O) groups excluding carboxylic acids is 2. The average molecular weight is 586 g/mol. The van der Waals surface area contributed by atoms with Crippen LogP contribution in [0.3, 0.4) is 0 Å². The van der Waals surface area contributed by atoms with Crippen LogP contribution in [0.5, 0.6) is 0 Å². The predicted molar refractivity (Wildman–Crippen MR) is 117 cm³/mol. The van der Waals surface area contributed by atoms with E-state index in [1.807, 2.05) is 91.0 Å². The van der Waals surface area contributed by atoms with Crippen molar-refractivity contribution in [1.82, 2.24) is 0 Å². The first kappa shape index (κ1) is 21.2. The van der Waals surface area contributed by atoms with Gasteiger partial charge in [-0.15, -0.1) is 0 Å². The monoisotopic (exact) mass is 586 g/mol. The van der Waals surface area contributed by atoms with Gasteiger partial charge in [-0.05, 0) is 0 Å². The molecule has 0 aliphatic rings. The molecule has 3 aromatic rings. The second-order valence-corrected chi connectivity index (χ2v) is 21.5. The van der Waals surface area contributed by atoms with Gasteiger partial charge in [-0.2, -0.15) is 0 Å². The molecule has 0 atom stereocenters. The van der Waals surface area contributed by atoms with Crippen molar-refractivity contribution in [1.29, 1.82) is 0 Å². The van der Waals surface area contributed by atoms with E-state index in [1.54, 1.807) is 13.8 Å². The molecule has 0 unspecified atom stereocenters.